The fourth-order valence-corrected chi connectivity index (χ4v) is 2.40. The Balaban J connectivity index is 1.81. The Bertz CT molecular complexity index is 499. The van der Waals surface area contributed by atoms with Crippen LogP contribution in [-0.2, 0) is 20.9 Å². The van der Waals surface area contributed by atoms with Crippen LogP contribution in [0.5, 0.6) is 0 Å². The van der Waals surface area contributed by atoms with Crippen molar-refractivity contribution < 1.29 is 14.3 Å². The van der Waals surface area contributed by atoms with E-state index < -0.39 is 0 Å². The summed E-state index contributed by atoms with van der Waals surface area (Å²) in [6.07, 6.45) is 0.295. The minimum absolute atomic E-state index is 0.0301. The van der Waals surface area contributed by atoms with Crippen molar-refractivity contribution in [3.05, 3.63) is 35.4 Å². The third-order valence-electron chi connectivity index (χ3n) is 3.74. The molecule has 0 radical (unpaired) electrons. The third kappa shape index (κ3) is 4.29. The van der Waals surface area contributed by atoms with Gasteiger partial charge >= 0.3 is 0 Å². The van der Waals surface area contributed by atoms with Crippen LogP contribution in [0, 0.1) is 12.8 Å². The van der Waals surface area contributed by atoms with E-state index in [9.17, 15) is 9.59 Å². The van der Waals surface area contributed by atoms with Crippen LogP contribution in [0.25, 0.3) is 0 Å². The van der Waals surface area contributed by atoms with Gasteiger partial charge in [-0.15, -0.1) is 0 Å². The van der Waals surface area contributed by atoms with Gasteiger partial charge in [0.15, 0.2) is 0 Å². The molecule has 21 heavy (non-hydrogen) atoms. The molecule has 0 bridgehead atoms. The van der Waals surface area contributed by atoms with Crippen LogP contribution in [0.3, 0.4) is 0 Å². The number of carbonyl (C=O) groups excluding carboxylic acids is 2. The lowest BCUT2D eigenvalue weighted by Crippen LogP contribution is -2.33. The maximum Gasteiger partial charge on any atom is 0.225 e. The summed E-state index contributed by atoms with van der Waals surface area (Å²) >= 11 is 0. The third-order valence-corrected chi connectivity index (χ3v) is 3.74. The molecule has 1 aliphatic rings. The standard InChI is InChI=1S/C16H22N2O3/c1-12-3-5-13(6-4-12)10-17-16(20)14-9-15(19)18(11-14)7-8-21-2/h3-6,14H,7-11H2,1-2H3,(H,17,20)/t14-/m0/s1. The molecule has 0 saturated carbocycles. The fourth-order valence-electron chi connectivity index (χ4n) is 2.40. The van der Waals surface area contributed by atoms with Gasteiger partial charge in [-0.3, -0.25) is 9.59 Å². The lowest BCUT2D eigenvalue weighted by molar-refractivity contribution is -0.129. The van der Waals surface area contributed by atoms with Gasteiger partial charge in [0.1, 0.15) is 0 Å². The fraction of sp³-hybridized carbons (Fsp3) is 0.500. The van der Waals surface area contributed by atoms with Crippen LogP contribution in [0.1, 0.15) is 17.5 Å². The Kier molecular flexibility index (Phi) is 5.33. The highest BCUT2D eigenvalue weighted by Gasteiger charge is 2.33. The predicted molar refractivity (Wildman–Crippen MR) is 79.6 cm³/mol. The number of carbonyl (C=O) groups is 2. The maximum atomic E-state index is 12.1. The predicted octanol–water partition coefficient (Wildman–Crippen LogP) is 1.11. The molecule has 0 aliphatic carbocycles. The Morgan fingerprint density at radius 1 is 1.38 bits per heavy atom. The quantitative estimate of drug-likeness (QED) is 0.853. The molecule has 2 rings (SSSR count). The van der Waals surface area contributed by atoms with E-state index in [4.69, 9.17) is 4.74 Å². The van der Waals surface area contributed by atoms with E-state index >= 15 is 0 Å². The molecule has 1 aromatic rings. The lowest BCUT2D eigenvalue weighted by atomic mass is 10.1. The van der Waals surface area contributed by atoms with Crippen molar-refractivity contribution in [2.75, 3.05) is 26.8 Å². The summed E-state index contributed by atoms with van der Waals surface area (Å²) in [5, 5.41) is 2.91. The van der Waals surface area contributed by atoms with Crippen molar-refractivity contribution in [1.82, 2.24) is 10.2 Å². The first-order valence-corrected chi connectivity index (χ1v) is 7.20. The van der Waals surface area contributed by atoms with E-state index in [-0.39, 0.29) is 17.7 Å². The normalized spacial score (nSPS) is 18.1. The van der Waals surface area contributed by atoms with Gasteiger partial charge in [-0.25, -0.2) is 0 Å². The summed E-state index contributed by atoms with van der Waals surface area (Å²) in [5.74, 6) is -0.272. The first kappa shape index (κ1) is 15.5. The lowest BCUT2D eigenvalue weighted by Gasteiger charge is -2.15. The van der Waals surface area contributed by atoms with Gasteiger partial charge in [0.25, 0.3) is 0 Å². The minimum atomic E-state index is -0.250. The Labute approximate surface area is 125 Å². The van der Waals surface area contributed by atoms with Gasteiger partial charge in [0.2, 0.25) is 11.8 Å². The molecule has 1 saturated heterocycles. The second-order valence-electron chi connectivity index (χ2n) is 5.44. The average Bonchev–Trinajstić information content (AvgIpc) is 2.85. The molecule has 1 fully saturated rings. The number of amides is 2. The summed E-state index contributed by atoms with van der Waals surface area (Å²) in [5.41, 5.74) is 2.26. The minimum Gasteiger partial charge on any atom is -0.383 e. The Morgan fingerprint density at radius 3 is 2.76 bits per heavy atom. The summed E-state index contributed by atoms with van der Waals surface area (Å²) in [6, 6.07) is 8.04. The van der Waals surface area contributed by atoms with Gasteiger partial charge in [-0.1, -0.05) is 29.8 Å². The first-order chi connectivity index (χ1) is 10.1. The SMILES string of the molecule is COCCN1C[C@@H](C(=O)NCc2ccc(C)cc2)CC1=O. The number of nitrogens with one attached hydrogen (secondary N) is 1. The largest absolute Gasteiger partial charge is 0.383 e. The molecular formula is C16H22N2O3. The Morgan fingerprint density at radius 2 is 2.10 bits per heavy atom. The molecule has 1 aliphatic heterocycles. The van der Waals surface area contributed by atoms with Crippen LogP contribution in [-0.4, -0.2) is 43.5 Å². The van der Waals surface area contributed by atoms with Gasteiger partial charge in [0.05, 0.1) is 12.5 Å². The van der Waals surface area contributed by atoms with E-state index in [2.05, 4.69) is 5.32 Å². The van der Waals surface area contributed by atoms with Gasteiger partial charge in [-0.2, -0.15) is 0 Å². The van der Waals surface area contributed by atoms with Crippen LogP contribution >= 0.6 is 0 Å². The van der Waals surface area contributed by atoms with E-state index in [0.29, 0.717) is 32.7 Å². The van der Waals surface area contributed by atoms with Crippen LogP contribution < -0.4 is 5.32 Å². The molecule has 114 valence electrons. The van der Waals surface area contributed by atoms with Crippen LogP contribution in [0.4, 0.5) is 0 Å². The smallest absolute Gasteiger partial charge is 0.225 e. The molecule has 5 nitrogen and oxygen atoms in total. The number of nitrogens with zero attached hydrogens (tertiary/aromatic N) is 1. The highest BCUT2D eigenvalue weighted by atomic mass is 16.5. The molecule has 1 atom stereocenters. The Hall–Kier alpha value is -1.88. The zero-order valence-electron chi connectivity index (χ0n) is 12.6. The molecule has 2 amide bonds. The molecule has 5 heteroatoms. The van der Waals surface area contributed by atoms with E-state index in [1.54, 1.807) is 12.0 Å². The number of benzene rings is 1. The first-order valence-electron chi connectivity index (χ1n) is 7.20. The average molecular weight is 290 g/mol. The molecule has 1 heterocycles. The molecule has 1 aromatic carbocycles. The second-order valence-corrected chi connectivity index (χ2v) is 5.44. The van der Waals surface area contributed by atoms with E-state index in [0.717, 1.165) is 5.56 Å². The summed E-state index contributed by atoms with van der Waals surface area (Å²) in [6.45, 7) is 4.07. The molecule has 0 aromatic heterocycles. The molecule has 0 spiro atoms. The van der Waals surface area contributed by atoms with E-state index in [1.165, 1.54) is 5.56 Å². The number of hydrogen-bond donors (Lipinski definition) is 1. The number of rotatable bonds is 6. The van der Waals surface area contributed by atoms with Crippen molar-refractivity contribution in [3.8, 4) is 0 Å². The van der Waals surface area contributed by atoms with Gasteiger partial charge in [0, 0.05) is 33.2 Å². The number of likely N-dealkylation sites (tertiary alicyclic amines) is 1. The topological polar surface area (TPSA) is 58.6 Å². The molecule has 0 unspecified atom stereocenters. The van der Waals surface area contributed by atoms with Crippen molar-refractivity contribution >= 4 is 11.8 Å². The highest BCUT2D eigenvalue weighted by molar-refractivity contribution is 5.89. The zero-order valence-corrected chi connectivity index (χ0v) is 12.6. The van der Waals surface area contributed by atoms with E-state index in [1.807, 2.05) is 31.2 Å². The number of methoxy groups -OCH3 is 1. The molecule has 1 N–H and O–H groups in total. The molecular weight excluding hydrogens is 268 g/mol. The number of ether oxygens (including phenoxy) is 1. The maximum absolute atomic E-state index is 12.1. The second kappa shape index (κ2) is 7.22. The van der Waals surface area contributed by atoms with Crippen molar-refractivity contribution in [2.45, 2.75) is 19.9 Å². The van der Waals surface area contributed by atoms with Crippen LogP contribution in [0.2, 0.25) is 0 Å². The van der Waals surface area contributed by atoms with Gasteiger partial charge in [-0.05, 0) is 12.5 Å². The summed E-state index contributed by atoms with van der Waals surface area (Å²) < 4.78 is 4.97. The number of aryl methyl sites for hydroxylation is 1. The van der Waals surface area contributed by atoms with Crippen molar-refractivity contribution in [3.63, 3.8) is 0 Å². The highest BCUT2D eigenvalue weighted by Crippen LogP contribution is 2.17. The summed E-state index contributed by atoms with van der Waals surface area (Å²) in [7, 11) is 1.60. The number of hydrogen-bond acceptors (Lipinski definition) is 3. The zero-order chi connectivity index (χ0) is 15.2. The van der Waals surface area contributed by atoms with Crippen molar-refractivity contribution in [1.29, 1.82) is 0 Å². The van der Waals surface area contributed by atoms with Gasteiger partial charge < -0.3 is 15.0 Å². The monoisotopic (exact) mass is 290 g/mol. The van der Waals surface area contributed by atoms with Crippen molar-refractivity contribution in [2.24, 2.45) is 5.92 Å². The summed E-state index contributed by atoms with van der Waals surface area (Å²) in [4.78, 5) is 25.6. The van der Waals surface area contributed by atoms with Crippen LogP contribution in [0.15, 0.2) is 24.3 Å².